The number of hydrogen-bond donors (Lipinski definition) is 2. The number of hydrogen-bond acceptors (Lipinski definition) is 7. The Kier molecular flexibility index (Phi) is 4.42. The fraction of sp³-hybridized carbons (Fsp3) is 0.455. The highest BCUT2D eigenvalue weighted by atomic mass is 32.2. The summed E-state index contributed by atoms with van der Waals surface area (Å²) >= 11 is 0. The van der Waals surface area contributed by atoms with Gasteiger partial charge in [-0.05, 0) is 13.1 Å². The summed E-state index contributed by atoms with van der Waals surface area (Å²) < 4.78 is 24.6. The number of piperazine rings is 1. The van der Waals surface area contributed by atoms with Crippen molar-refractivity contribution in [2.45, 2.75) is 4.90 Å². The van der Waals surface area contributed by atoms with Crippen molar-refractivity contribution in [3.63, 3.8) is 0 Å². The van der Waals surface area contributed by atoms with Crippen molar-refractivity contribution in [3.05, 3.63) is 28.3 Å². The average Bonchev–Trinajstić information content (AvgIpc) is 2.41. The summed E-state index contributed by atoms with van der Waals surface area (Å²) in [4.78, 5) is 14.3. The largest absolute Gasteiger partial charge is 0.398 e. The smallest absolute Gasteiger partial charge is 0.270 e. The van der Waals surface area contributed by atoms with Crippen LogP contribution in [0.2, 0.25) is 0 Å². The van der Waals surface area contributed by atoms with Crippen LogP contribution in [0.4, 0.5) is 11.4 Å². The van der Waals surface area contributed by atoms with Gasteiger partial charge in [0.25, 0.3) is 15.7 Å². The molecule has 0 bridgehead atoms. The fourth-order valence-corrected chi connectivity index (χ4v) is 3.26. The van der Waals surface area contributed by atoms with Crippen molar-refractivity contribution < 1.29 is 13.3 Å². The summed E-state index contributed by atoms with van der Waals surface area (Å²) in [6.45, 7) is 2.52. The highest BCUT2D eigenvalue weighted by Crippen LogP contribution is 2.24. The van der Waals surface area contributed by atoms with Gasteiger partial charge in [0.05, 0.1) is 10.6 Å². The first kappa shape index (κ1) is 15.6. The van der Waals surface area contributed by atoms with Crippen molar-refractivity contribution >= 4 is 21.4 Å². The van der Waals surface area contributed by atoms with E-state index >= 15 is 0 Å². The first-order valence-corrected chi connectivity index (χ1v) is 7.78. The lowest BCUT2D eigenvalue weighted by Gasteiger charge is -2.32. The molecular formula is C11H17N5O4S. The Balaban J connectivity index is 2.23. The number of nitrogens with zero attached hydrogens (tertiary/aromatic N) is 3. The van der Waals surface area contributed by atoms with Crippen LogP contribution in [0, 0.1) is 10.1 Å². The molecule has 0 unspecified atom stereocenters. The number of nitrogen functional groups attached to an aromatic ring is 1. The Hall–Kier alpha value is -1.75. The topological polar surface area (TPSA) is 122 Å². The van der Waals surface area contributed by atoms with Gasteiger partial charge >= 0.3 is 0 Å². The van der Waals surface area contributed by atoms with Gasteiger partial charge in [-0.1, -0.05) is 0 Å². The van der Waals surface area contributed by atoms with Gasteiger partial charge in [0.1, 0.15) is 4.90 Å². The molecule has 21 heavy (non-hydrogen) atoms. The molecule has 1 heterocycles. The van der Waals surface area contributed by atoms with Crippen LogP contribution < -0.4 is 10.6 Å². The average molecular weight is 315 g/mol. The van der Waals surface area contributed by atoms with Crippen LogP contribution in [-0.2, 0) is 10.0 Å². The van der Waals surface area contributed by atoms with Crippen molar-refractivity contribution in [2.24, 2.45) is 0 Å². The highest BCUT2D eigenvalue weighted by Gasteiger charge is 2.25. The Labute approximate surface area is 122 Å². The molecule has 1 saturated heterocycles. The van der Waals surface area contributed by atoms with Crippen LogP contribution >= 0.6 is 0 Å². The van der Waals surface area contributed by atoms with Crippen LogP contribution in [0.5, 0.6) is 0 Å². The molecule has 0 saturated carbocycles. The molecule has 10 heteroatoms. The molecule has 1 aromatic rings. The van der Waals surface area contributed by atoms with Gasteiger partial charge in [0, 0.05) is 38.3 Å². The summed E-state index contributed by atoms with van der Waals surface area (Å²) in [6, 6.07) is 3.36. The first-order valence-electron chi connectivity index (χ1n) is 6.29. The number of nitrogens with one attached hydrogen (secondary N) is 1. The maximum Gasteiger partial charge on any atom is 0.270 e. The van der Waals surface area contributed by atoms with Gasteiger partial charge in [0.2, 0.25) is 0 Å². The van der Waals surface area contributed by atoms with E-state index in [0.29, 0.717) is 13.1 Å². The SMILES string of the molecule is CN1CCN(NS(=O)(=O)c2cc([N+](=O)[O-])ccc2N)CC1. The van der Waals surface area contributed by atoms with Crippen LogP contribution in [-0.4, -0.2) is 56.5 Å². The zero-order chi connectivity index (χ0) is 15.6. The van der Waals surface area contributed by atoms with E-state index in [1.807, 2.05) is 7.05 Å². The van der Waals surface area contributed by atoms with E-state index in [9.17, 15) is 18.5 Å². The molecule has 1 aliphatic rings. The number of anilines is 1. The van der Waals surface area contributed by atoms with E-state index in [1.165, 1.54) is 12.1 Å². The zero-order valence-corrected chi connectivity index (χ0v) is 12.3. The van der Waals surface area contributed by atoms with E-state index in [1.54, 1.807) is 5.01 Å². The lowest BCUT2D eigenvalue weighted by molar-refractivity contribution is -0.385. The molecular weight excluding hydrogens is 298 g/mol. The number of likely N-dealkylation sites (N-methyl/N-ethyl adjacent to an activating group) is 1. The first-order chi connectivity index (χ1) is 9.79. The van der Waals surface area contributed by atoms with Crippen molar-refractivity contribution in [1.29, 1.82) is 0 Å². The summed E-state index contributed by atoms with van der Waals surface area (Å²) in [5.74, 6) is 0. The molecule has 0 atom stereocenters. The number of nitro groups is 1. The van der Waals surface area contributed by atoms with E-state index in [4.69, 9.17) is 5.73 Å². The lowest BCUT2D eigenvalue weighted by Crippen LogP contribution is -2.52. The Morgan fingerprint density at radius 1 is 1.29 bits per heavy atom. The second-order valence-electron chi connectivity index (χ2n) is 4.86. The Morgan fingerprint density at radius 3 is 2.48 bits per heavy atom. The van der Waals surface area contributed by atoms with Gasteiger partial charge in [-0.3, -0.25) is 10.1 Å². The van der Waals surface area contributed by atoms with Crippen LogP contribution in [0.3, 0.4) is 0 Å². The number of rotatable bonds is 4. The van der Waals surface area contributed by atoms with Crippen LogP contribution in [0.1, 0.15) is 0 Å². The van der Waals surface area contributed by atoms with Gasteiger partial charge in [-0.15, -0.1) is 4.83 Å². The standard InChI is InChI=1S/C11H17N5O4S/c1-14-4-6-15(7-5-14)13-21(19,20)11-8-9(16(17)18)2-3-10(11)12/h2-3,8,13H,4-7,12H2,1H3. The predicted molar refractivity (Wildman–Crippen MR) is 76.9 cm³/mol. The van der Waals surface area contributed by atoms with Crippen molar-refractivity contribution in [3.8, 4) is 0 Å². The van der Waals surface area contributed by atoms with Crippen LogP contribution in [0.25, 0.3) is 0 Å². The van der Waals surface area contributed by atoms with Gasteiger partial charge in [0.15, 0.2) is 0 Å². The monoisotopic (exact) mass is 315 g/mol. The molecule has 0 aliphatic carbocycles. The second kappa shape index (κ2) is 5.93. The molecule has 0 aromatic heterocycles. The number of nitro benzene ring substituents is 1. The minimum atomic E-state index is -3.94. The van der Waals surface area contributed by atoms with Gasteiger partial charge in [-0.2, -0.15) is 0 Å². The maximum absolute atomic E-state index is 12.3. The summed E-state index contributed by atoms with van der Waals surface area (Å²) in [6.07, 6.45) is 0. The molecule has 1 fully saturated rings. The van der Waals surface area contributed by atoms with E-state index < -0.39 is 14.9 Å². The molecule has 0 spiro atoms. The summed E-state index contributed by atoms with van der Waals surface area (Å²) in [5, 5.41) is 12.3. The van der Waals surface area contributed by atoms with E-state index in [-0.39, 0.29) is 16.3 Å². The second-order valence-corrected chi connectivity index (χ2v) is 6.49. The Bertz CT molecular complexity index is 640. The summed E-state index contributed by atoms with van der Waals surface area (Å²) in [5.41, 5.74) is 5.29. The molecule has 1 aromatic carbocycles. The third-order valence-electron chi connectivity index (χ3n) is 3.25. The number of hydrazine groups is 1. The number of nitrogens with two attached hydrogens (primary N) is 1. The minimum absolute atomic E-state index is 0.0257. The summed E-state index contributed by atoms with van der Waals surface area (Å²) in [7, 11) is -1.99. The molecule has 9 nitrogen and oxygen atoms in total. The Morgan fingerprint density at radius 2 is 1.90 bits per heavy atom. The molecule has 3 N–H and O–H groups in total. The maximum atomic E-state index is 12.3. The predicted octanol–water partition coefficient (Wildman–Crippen LogP) is -0.382. The lowest BCUT2D eigenvalue weighted by atomic mass is 10.3. The van der Waals surface area contributed by atoms with Crippen LogP contribution in [0.15, 0.2) is 23.1 Å². The van der Waals surface area contributed by atoms with Gasteiger partial charge in [-0.25, -0.2) is 13.4 Å². The van der Waals surface area contributed by atoms with Crippen molar-refractivity contribution in [1.82, 2.24) is 14.7 Å². The fourth-order valence-electron chi connectivity index (χ4n) is 1.99. The number of non-ortho nitro benzene ring substituents is 1. The minimum Gasteiger partial charge on any atom is -0.398 e. The molecule has 2 rings (SSSR count). The normalized spacial score (nSPS) is 17.8. The molecule has 0 amide bonds. The molecule has 116 valence electrons. The quantitative estimate of drug-likeness (QED) is 0.441. The third-order valence-corrected chi connectivity index (χ3v) is 4.68. The van der Waals surface area contributed by atoms with Gasteiger partial charge < -0.3 is 10.6 Å². The number of sulfonamides is 1. The van der Waals surface area contributed by atoms with E-state index in [0.717, 1.165) is 19.2 Å². The molecule has 0 radical (unpaired) electrons. The molecule has 1 aliphatic heterocycles. The van der Waals surface area contributed by atoms with E-state index in [2.05, 4.69) is 9.73 Å². The zero-order valence-electron chi connectivity index (χ0n) is 11.5. The number of benzene rings is 1. The highest BCUT2D eigenvalue weighted by molar-refractivity contribution is 7.89. The van der Waals surface area contributed by atoms with Crippen molar-refractivity contribution in [2.75, 3.05) is 39.0 Å². The third kappa shape index (κ3) is 3.67.